The smallest absolute Gasteiger partial charge is 0.281 e. The first-order valence-corrected chi connectivity index (χ1v) is 15.0. The minimum Gasteiger partial charge on any atom is -0.493 e. The Labute approximate surface area is 264 Å². The molecule has 0 bridgehead atoms. The van der Waals surface area contributed by atoms with Crippen LogP contribution in [-0.4, -0.2) is 69.6 Å². The van der Waals surface area contributed by atoms with E-state index in [2.05, 4.69) is 15.8 Å². The summed E-state index contributed by atoms with van der Waals surface area (Å²) < 4.78 is 18.1. The zero-order valence-corrected chi connectivity index (χ0v) is 25.9. The van der Waals surface area contributed by atoms with Crippen LogP contribution in [0.4, 0.5) is 0 Å². The van der Waals surface area contributed by atoms with Gasteiger partial charge in [0.2, 0.25) is 11.7 Å². The molecule has 6 rings (SSSR count). The van der Waals surface area contributed by atoms with E-state index < -0.39 is 28.9 Å². The Morgan fingerprint density at radius 2 is 1.58 bits per heavy atom. The average molecular weight is 647 g/mol. The minimum absolute atomic E-state index is 0.00269. The fourth-order valence-corrected chi connectivity index (χ4v) is 6.73. The molecule has 1 aliphatic heterocycles. The molecule has 3 aromatic carbocycles. The third-order valence-electron chi connectivity index (χ3n) is 7.27. The van der Waals surface area contributed by atoms with Crippen LogP contribution in [0.15, 0.2) is 70.3 Å². The highest BCUT2D eigenvalue weighted by molar-refractivity contribution is 8.00. The molecule has 2 aromatic heterocycles. The number of ether oxygens (including phenoxy) is 3. The van der Waals surface area contributed by atoms with E-state index >= 15 is 0 Å². The zero-order chi connectivity index (χ0) is 31.8. The summed E-state index contributed by atoms with van der Waals surface area (Å²) in [5.74, 6) is 0.382. The minimum atomic E-state index is -0.756. The van der Waals surface area contributed by atoms with Gasteiger partial charge in [0, 0.05) is 5.39 Å². The van der Waals surface area contributed by atoms with Gasteiger partial charge in [0.05, 0.1) is 49.9 Å². The second-order valence-electron chi connectivity index (χ2n) is 9.80. The highest BCUT2D eigenvalue weighted by Gasteiger charge is 2.37. The predicted octanol–water partition coefficient (Wildman–Crippen LogP) is 2.48. The Kier molecular flexibility index (Phi) is 8.14. The Balaban J connectivity index is 1.29. The number of nitrogens with zero attached hydrogens (tertiary/aromatic N) is 4. The highest BCUT2D eigenvalue weighted by Crippen LogP contribution is 2.45. The quantitative estimate of drug-likeness (QED) is 0.116. The molecule has 1 fully saturated rings. The first-order valence-electron chi connectivity index (χ1n) is 13.5. The van der Waals surface area contributed by atoms with Gasteiger partial charge in [-0.25, -0.2) is 10.4 Å². The van der Waals surface area contributed by atoms with E-state index in [1.807, 2.05) is 0 Å². The normalized spacial score (nSPS) is 14.7. The van der Waals surface area contributed by atoms with E-state index in [0.717, 1.165) is 9.20 Å². The molecule has 0 aliphatic carbocycles. The molecule has 0 spiro atoms. The van der Waals surface area contributed by atoms with E-state index in [4.69, 9.17) is 26.4 Å². The number of carbonyl (C=O) groups excluding carboxylic acids is 2. The molecule has 0 saturated carbocycles. The number of benzene rings is 3. The van der Waals surface area contributed by atoms with E-state index in [9.17, 15) is 19.2 Å². The van der Waals surface area contributed by atoms with Crippen LogP contribution >= 0.6 is 24.0 Å². The van der Waals surface area contributed by atoms with Crippen molar-refractivity contribution in [1.29, 1.82) is 0 Å². The topological polar surface area (TPSA) is 145 Å². The fourth-order valence-electron chi connectivity index (χ4n) is 5.24. The lowest BCUT2D eigenvalue weighted by Gasteiger charge is -2.26. The van der Waals surface area contributed by atoms with E-state index in [1.54, 1.807) is 60.7 Å². The lowest BCUT2D eigenvalue weighted by molar-refractivity contribution is -0.124. The first-order chi connectivity index (χ1) is 21.8. The highest BCUT2D eigenvalue weighted by atomic mass is 32.2. The van der Waals surface area contributed by atoms with Crippen molar-refractivity contribution in [2.24, 2.45) is 0 Å². The number of fused-ring (bicyclic) bond motifs is 4. The van der Waals surface area contributed by atoms with Crippen LogP contribution in [0.1, 0.15) is 15.7 Å². The molecule has 5 aromatic rings. The maximum atomic E-state index is 13.6. The molecule has 3 heterocycles. The zero-order valence-electron chi connectivity index (χ0n) is 24.2. The molecule has 1 unspecified atom stereocenters. The van der Waals surface area contributed by atoms with Crippen LogP contribution in [0.25, 0.3) is 27.3 Å². The standard InChI is InChI=1S/C30H26N6O7S2/c1-41-21-12-16(13-22(42-2)25(21)43-3)29-34(24(38)15-45-29)30(44)33-31-14-23(37)35-27(39)18-9-5-4-8-17(18)26-32-20-11-7-6-10-19(20)28(40)36(26)35/h4-13,29,31H,14-15H2,1-3H3,(H,33,44). The Bertz CT molecular complexity index is 2120. The maximum absolute atomic E-state index is 13.6. The number of hydrogen-bond acceptors (Lipinski definition) is 11. The molecule has 1 saturated heterocycles. The van der Waals surface area contributed by atoms with Crippen molar-refractivity contribution >= 4 is 68.2 Å². The van der Waals surface area contributed by atoms with Gasteiger partial charge in [-0.1, -0.05) is 30.3 Å². The van der Waals surface area contributed by atoms with Crippen LogP contribution in [0.5, 0.6) is 17.2 Å². The summed E-state index contributed by atoms with van der Waals surface area (Å²) in [7, 11) is 4.49. The third-order valence-corrected chi connectivity index (χ3v) is 8.79. The SMILES string of the molecule is COc1cc(C2SCC(=O)N2C(=S)NNCC(=O)n2c(=O)c3ccccc3c3nc4ccccc4c(=O)n32)cc(OC)c1OC. The lowest BCUT2D eigenvalue weighted by atomic mass is 10.1. The van der Waals surface area contributed by atoms with Crippen LogP contribution in [0, 0.1) is 0 Å². The molecule has 2 N–H and O–H groups in total. The van der Waals surface area contributed by atoms with Crippen LogP contribution in [0.2, 0.25) is 0 Å². The van der Waals surface area contributed by atoms with Crippen molar-refractivity contribution in [3.63, 3.8) is 0 Å². The van der Waals surface area contributed by atoms with Gasteiger partial charge in [0.1, 0.15) is 5.37 Å². The van der Waals surface area contributed by atoms with Crippen LogP contribution in [0.3, 0.4) is 0 Å². The number of methoxy groups -OCH3 is 3. The molecule has 1 amide bonds. The van der Waals surface area contributed by atoms with Crippen molar-refractivity contribution in [2.75, 3.05) is 33.6 Å². The van der Waals surface area contributed by atoms with Gasteiger partial charge in [0.15, 0.2) is 22.3 Å². The van der Waals surface area contributed by atoms with Gasteiger partial charge in [-0.15, -0.1) is 11.8 Å². The summed E-state index contributed by atoms with van der Waals surface area (Å²) in [6.07, 6.45) is 0. The van der Waals surface area contributed by atoms with Crippen molar-refractivity contribution in [1.82, 2.24) is 29.9 Å². The van der Waals surface area contributed by atoms with Crippen molar-refractivity contribution in [2.45, 2.75) is 5.37 Å². The number of thioether (sulfide) groups is 1. The lowest BCUT2D eigenvalue weighted by Crippen LogP contribution is -2.51. The summed E-state index contributed by atoms with van der Waals surface area (Å²) in [6.45, 7) is -0.462. The molecule has 45 heavy (non-hydrogen) atoms. The van der Waals surface area contributed by atoms with E-state index in [-0.39, 0.29) is 33.2 Å². The van der Waals surface area contributed by atoms with Crippen molar-refractivity contribution in [3.8, 4) is 17.2 Å². The summed E-state index contributed by atoms with van der Waals surface area (Å²) in [6, 6.07) is 16.8. The number of hydrazine groups is 1. The predicted molar refractivity (Wildman–Crippen MR) is 173 cm³/mol. The van der Waals surface area contributed by atoms with Crippen LogP contribution in [-0.2, 0) is 4.79 Å². The second kappa shape index (κ2) is 12.2. The number of thiocarbonyl (C=S) groups is 1. The third kappa shape index (κ3) is 5.13. The molecule has 15 heteroatoms. The van der Waals surface area contributed by atoms with Gasteiger partial charge in [-0.3, -0.25) is 29.5 Å². The Morgan fingerprint density at radius 3 is 2.24 bits per heavy atom. The molecule has 230 valence electrons. The van der Waals surface area contributed by atoms with E-state index in [1.165, 1.54) is 38.0 Å². The molecule has 13 nitrogen and oxygen atoms in total. The summed E-state index contributed by atoms with van der Waals surface area (Å²) in [5.41, 5.74) is 5.46. The maximum Gasteiger partial charge on any atom is 0.281 e. The largest absolute Gasteiger partial charge is 0.493 e. The Hall–Kier alpha value is -4.99. The molecule has 0 radical (unpaired) electrons. The number of hydrogen-bond donors (Lipinski definition) is 2. The van der Waals surface area contributed by atoms with Crippen molar-refractivity contribution in [3.05, 3.63) is 86.9 Å². The van der Waals surface area contributed by atoms with Gasteiger partial charge in [-0.05, 0) is 48.1 Å². The number of aromatic nitrogens is 3. The number of nitrogens with one attached hydrogen (secondary N) is 2. The summed E-state index contributed by atoms with van der Waals surface area (Å²) in [4.78, 5) is 59.6. The first kappa shape index (κ1) is 30.1. The summed E-state index contributed by atoms with van der Waals surface area (Å²) in [5, 5.41) is 0.376. The Morgan fingerprint density at radius 1 is 0.933 bits per heavy atom. The molecular formula is C30H26N6O7S2. The molecular weight excluding hydrogens is 620 g/mol. The van der Waals surface area contributed by atoms with Crippen molar-refractivity contribution < 1.29 is 23.8 Å². The number of amides is 1. The number of rotatable bonds is 7. The van der Waals surface area contributed by atoms with Gasteiger partial charge in [-0.2, -0.15) is 9.20 Å². The summed E-state index contributed by atoms with van der Waals surface area (Å²) >= 11 is 6.88. The average Bonchev–Trinajstić information content (AvgIpc) is 3.45. The number of carbonyl (C=O) groups is 2. The van der Waals surface area contributed by atoms with Crippen LogP contribution < -0.4 is 36.2 Å². The van der Waals surface area contributed by atoms with Gasteiger partial charge >= 0.3 is 0 Å². The molecule has 1 atom stereocenters. The van der Waals surface area contributed by atoms with Gasteiger partial charge in [0.25, 0.3) is 17.0 Å². The molecule has 1 aliphatic rings. The monoisotopic (exact) mass is 646 g/mol. The second-order valence-corrected chi connectivity index (χ2v) is 11.3. The fraction of sp³-hybridized carbons (Fsp3) is 0.200. The van der Waals surface area contributed by atoms with E-state index in [0.29, 0.717) is 33.7 Å². The van der Waals surface area contributed by atoms with Gasteiger partial charge < -0.3 is 14.2 Å². The number of para-hydroxylation sites is 1.